The minimum Gasteiger partial charge on any atom is -0.394 e. The molecule has 15 heavy (non-hydrogen) atoms. The Morgan fingerprint density at radius 1 is 1.13 bits per heavy atom. The number of carbonyl (C=O) groups is 1. The summed E-state index contributed by atoms with van der Waals surface area (Å²) >= 11 is 0. The van der Waals surface area contributed by atoms with Crippen molar-refractivity contribution in [2.45, 2.75) is 25.0 Å². The molecule has 0 heterocycles. The zero-order valence-corrected chi connectivity index (χ0v) is 8.69. The third-order valence-corrected chi connectivity index (χ3v) is 1.12. The van der Waals surface area contributed by atoms with Crippen LogP contribution < -0.4 is 0 Å². The Balaban J connectivity index is 0. The van der Waals surface area contributed by atoms with Crippen molar-refractivity contribution in [3.8, 4) is 0 Å². The van der Waals surface area contributed by atoms with Gasteiger partial charge >= 0.3 is 7.82 Å². The second kappa shape index (κ2) is 8.93. The van der Waals surface area contributed by atoms with E-state index in [4.69, 9.17) is 34.6 Å². The van der Waals surface area contributed by atoms with E-state index in [9.17, 15) is 4.79 Å². The molecule has 0 fully saturated rings. The third-order valence-electron chi connectivity index (χ3n) is 1.12. The number of hydrogen-bond donors (Lipinski definition) is 6. The first-order chi connectivity index (χ1) is 6.70. The molecule has 0 radical (unpaired) electrons. The normalized spacial score (nSPS) is 14.8. The maximum atomic E-state index is 9.78. The van der Waals surface area contributed by atoms with Crippen LogP contribution in [-0.2, 0) is 9.36 Å². The Hall–Kier alpha value is -0.340. The molecular formula is C6H15O8P. The molecule has 0 aliphatic heterocycles. The van der Waals surface area contributed by atoms with Gasteiger partial charge in [-0.15, -0.1) is 0 Å². The van der Waals surface area contributed by atoms with Gasteiger partial charge in [0.25, 0.3) is 0 Å². The van der Waals surface area contributed by atoms with Crippen molar-refractivity contribution in [1.29, 1.82) is 0 Å². The standard InChI is InChI=1S/C6H12O4.H3O4P/c7-2-1-5(9)3-6(10)4-8;1-5(2,3)4/h2,5-6,8-10H,1,3-4H2;(H3,1,2,3,4)/t5-,6+;/m1./s1. The van der Waals surface area contributed by atoms with E-state index in [1.54, 1.807) is 0 Å². The van der Waals surface area contributed by atoms with Crippen molar-refractivity contribution < 1.29 is 39.4 Å². The largest absolute Gasteiger partial charge is 0.466 e. The lowest BCUT2D eigenvalue weighted by atomic mass is 10.1. The molecule has 92 valence electrons. The van der Waals surface area contributed by atoms with E-state index >= 15 is 0 Å². The van der Waals surface area contributed by atoms with Gasteiger partial charge in [-0.3, -0.25) is 0 Å². The van der Waals surface area contributed by atoms with Gasteiger partial charge in [0.15, 0.2) is 0 Å². The summed E-state index contributed by atoms with van der Waals surface area (Å²) in [5, 5.41) is 25.9. The van der Waals surface area contributed by atoms with E-state index in [0.717, 1.165) is 0 Å². The molecule has 0 bridgehead atoms. The van der Waals surface area contributed by atoms with Crippen molar-refractivity contribution >= 4 is 14.1 Å². The van der Waals surface area contributed by atoms with Crippen LogP contribution in [0.25, 0.3) is 0 Å². The molecule has 9 heteroatoms. The van der Waals surface area contributed by atoms with Gasteiger partial charge in [0.1, 0.15) is 6.29 Å². The van der Waals surface area contributed by atoms with Crippen molar-refractivity contribution in [3.05, 3.63) is 0 Å². The van der Waals surface area contributed by atoms with Gasteiger partial charge in [-0.25, -0.2) is 4.57 Å². The fraction of sp³-hybridized carbons (Fsp3) is 0.833. The van der Waals surface area contributed by atoms with Crippen LogP contribution in [0.1, 0.15) is 12.8 Å². The zero-order chi connectivity index (χ0) is 12.5. The minimum atomic E-state index is -4.64. The Bertz CT molecular complexity index is 193. The monoisotopic (exact) mass is 246 g/mol. The van der Waals surface area contributed by atoms with E-state index in [0.29, 0.717) is 6.29 Å². The second-order valence-corrected chi connectivity index (χ2v) is 3.67. The molecule has 0 aromatic rings. The van der Waals surface area contributed by atoms with Gasteiger partial charge in [-0.2, -0.15) is 0 Å². The number of phosphoric acid groups is 1. The van der Waals surface area contributed by atoms with E-state index in [2.05, 4.69) is 0 Å². The van der Waals surface area contributed by atoms with Gasteiger partial charge in [0, 0.05) is 12.8 Å². The smallest absolute Gasteiger partial charge is 0.394 e. The average molecular weight is 246 g/mol. The van der Waals surface area contributed by atoms with E-state index in [1.165, 1.54) is 0 Å². The molecule has 0 aromatic carbocycles. The lowest BCUT2D eigenvalue weighted by Crippen LogP contribution is -2.20. The lowest BCUT2D eigenvalue weighted by molar-refractivity contribution is -0.109. The van der Waals surface area contributed by atoms with Gasteiger partial charge < -0.3 is 34.8 Å². The Morgan fingerprint density at radius 2 is 1.53 bits per heavy atom. The molecule has 0 aliphatic carbocycles. The van der Waals surface area contributed by atoms with Crippen molar-refractivity contribution in [2.24, 2.45) is 0 Å². The quantitative estimate of drug-likeness (QED) is 0.235. The van der Waals surface area contributed by atoms with Crippen molar-refractivity contribution in [3.63, 3.8) is 0 Å². The predicted molar refractivity (Wildman–Crippen MR) is 48.7 cm³/mol. The zero-order valence-electron chi connectivity index (χ0n) is 7.80. The number of hydrogen-bond acceptors (Lipinski definition) is 5. The summed E-state index contributed by atoms with van der Waals surface area (Å²) in [6, 6.07) is 0. The molecule has 0 unspecified atom stereocenters. The first-order valence-electron chi connectivity index (χ1n) is 3.89. The van der Waals surface area contributed by atoms with E-state index in [1.807, 2.05) is 0 Å². The summed E-state index contributed by atoms with van der Waals surface area (Å²) in [6.07, 6.45) is -1.12. The summed E-state index contributed by atoms with van der Waals surface area (Å²) in [6.45, 7) is -0.379. The van der Waals surface area contributed by atoms with Gasteiger partial charge in [0.05, 0.1) is 18.8 Å². The first-order valence-corrected chi connectivity index (χ1v) is 5.46. The SMILES string of the molecule is O=CC[C@@H](O)C[C@H](O)CO.O=P(O)(O)O. The van der Waals surface area contributed by atoms with Crippen molar-refractivity contribution in [2.75, 3.05) is 6.61 Å². The molecule has 0 aliphatic rings. The van der Waals surface area contributed by atoms with Crippen LogP contribution >= 0.6 is 7.82 Å². The topological polar surface area (TPSA) is 156 Å². The van der Waals surface area contributed by atoms with Crippen LogP contribution in [0.15, 0.2) is 0 Å². The molecule has 0 spiro atoms. The summed E-state index contributed by atoms with van der Waals surface area (Å²) in [4.78, 5) is 31.3. The average Bonchev–Trinajstić information content (AvgIpc) is 2.01. The van der Waals surface area contributed by atoms with Crippen LogP contribution in [-0.4, -0.2) is 55.1 Å². The molecule has 0 amide bonds. The van der Waals surface area contributed by atoms with Crippen LogP contribution in [0.5, 0.6) is 0 Å². The molecule has 0 saturated carbocycles. The molecular weight excluding hydrogens is 231 g/mol. The highest BCUT2D eigenvalue weighted by atomic mass is 31.2. The summed E-state index contributed by atoms with van der Waals surface area (Å²) < 4.78 is 8.88. The molecule has 2 atom stereocenters. The van der Waals surface area contributed by atoms with Gasteiger partial charge in [0.2, 0.25) is 0 Å². The molecule has 0 aromatic heterocycles. The van der Waals surface area contributed by atoms with Crippen LogP contribution in [0.4, 0.5) is 0 Å². The summed E-state index contributed by atoms with van der Waals surface area (Å²) in [5.74, 6) is 0. The molecule has 8 nitrogen and oxygen atoms in total. The van der Waals surface area contributed by atoms with E-state index in [-0.39, 0.29) is 19.4 Å². The Morgan fingerprint density at radius 3 is 1.80 bits per heavy atom. The lowest BCUT2D eigenvalue weighted by Gasteiger charge is -2.09. The number of carbonyl (C=O) groups excluding carboxylic acids is 1. The summed E-state index contributed by atoms with van der Waals surface area (Å²) in [7, 11) is -4.64. The highest BCUT2D eigenvalue weighted by molar-refractivity contribution is 7.45. The first kappa shape index (κ1) is 17.1. The van der Waals surface area contributed by atoms with Gasteiger partial charge in [-0.1, -0.05) is 0 Å². The fourth-order valence-electron chi connectivity index (χ4n) is 0.596. The number of rotatable bonds is 5. The minimum absolute atomic E-state index is 0.0110. The van der Waals surface area contributed by atoms with Crippen LogP contribution in [0.3, 0.4) is 0 Å². The summed E-state index contributed by atoms with van der Waals surface area (Å²) in [5.41, 5.74) is 0. The third kappa shape index (κ3) is 24.8. The fourth-order valence-corrected chi connectivity index (χ4v) is 0.596. The highest BCUT2D eigenvalue weighted by Crippen LogP contribution is 2.25. The van der Waals surface area contributed by atoms with E-state index < -0.39 is 20.0 Å². The molecule has 0 saturated heterocycles. The van der Waals surface area contributed by atoms with Crippen molar-refractivity contribution in [1.82, 2.24) is 0 Å². The molecule has 6 N–H and O–H groups in total. The van der Waals surface area contributed by atoms with Gasteiger partial charge in [-0.05, 0) is 0 Å². The second-order valence-electron chi connectivity index (χ2n) is 2.64. The predicted octanol–water partition coefficient (Wildman–Crippen LogP) is -2.25. The number of aldehydes is 1. The maximum absolute atomic E-state index is 9.78. The van der Waals surface area contributed by atoms with Crippen LogP contribution in [0, 0.1) is 0 Å². The van der Waals surface area contributed by atoms with Crippen LogP contribution in [0.2, 0.25) is 0 Å². The number of aliphatic hydroxyl groups is 3. The maximum Gasteiger partial charge on any atom is 0.466 e. The number of aliphatic hydroxyl groups excluding tert-OH is 3. The highest BCUT2D eigenvalue weighted by Gasteiger charge is 2.09. The molecule has 0 rings (SSSR count). The Kier molecular flexibility index (Phi) is 10.2. The Labute approximate surface area is 86.0 Å².